The second-order valence-electron chi connectivity index (χ2n) is 10.8. The Bertz CT molecular complexity index is 1380. The zero-order chi connectivity index (χ0) is 24.9. The number of fused-ring (bicyclic) bond motifs is 3. The van der Waals surface area contributed by atoms with Crippen LogP contribution in [0.25, 0.3) is 5.78 Å². The van der Waals surface area contributed by atoms with Crippen molar-refractivity contribution in [2.45, 2.75) is 65.3 Å². The first-order valence-electron chi connectivity index (χ1n) is 11.6. The zero-order valence-electron chi connectivity index (χ0n) is 19.7. The second-order valence-corrected chi connectivity index (χ2v) is 10.8. The molecule has 2 aromatic heterocycles. The summed E-state index contributed by atoms with van der Waals surface area (Å²) in [6.07, 6.45) is -1.70. The first-order chi connectivity index (χ1) is 16.4. The lowest BCUT2D eigenvalue weighted by Gasteiger charge is -2.68. The number of nitrogens with two attached hydrogens (primary N) is 1. The normalized spacial score (nSPS) is 25.7. The summed E-state index contributed by atoms with van der Waals surface area (Å²) in [4.78, 5) is 19.9. The smallest absolute Gasteiger partial charge is 0.399 e. The first kappa shape index (κ1) is 22.1. The third kappa shape index (κ3) is 3.27. The van der Waals surface area contributed by atoms with Crippen molar-refractivity contribution >= 4 is 23.2 Å². The molecular formula is C24H26F3N7O. The van der Waals surface area contributed by atoms with Crippen molar-refractivity contribution in [3.63, 3.8) is 0 Å². The Morgan fingerprint density at radius 2 is 1.89 bits per heavy atom. The maximum Gasteiger partial charge on any atom is 0.416 e. The minimum absolute atomic E-state index is 0.0363. The van der Waals surface area contributed by atoms with Crippen molar-refractivity contribution in [2.24, 2.45) is 10.8 Å². The third-order valence-electron chi connectivity index (χ3n) is 7.81. The number of nitrogens with zero attached hydrogens (tertiary/aromatic N) is 5. The molecule has 3 aromatic rings. The van der Waals surface area contributed by atoms with E-state index < -0.39 is 17.8 Å². The van der Waals surface area contributed by atoms with Gasteiger partial charge in [-0.2, -0.15) is 18.2 Å². The lowest BCUT2D eigenvalue weighted by atomic mass is 9.35. The van der Waals surface area contributed by atoms with Crippen LogP contribution in [0.15, 0.2) is 18.2 Å². The van der Waals surface area contributed by atoms with Crippen molar-refractivity contribution < 1.29 is 18.0 Å². The van der Waals surface area contributed by atoms with Crippen molar-refractivity contribution in [2.75, 3.05) is 11.1 Å². The lowest BCUT2D eigenvalue weighted by molar-refractivity contribution is -0.209. The van der Waals surface area contributed by atoms with E-state index in [4.69, 9.17) is 5.73 Å². The predicted molar refractivity (Wildman–Crippen MR) is 122 cm³/mol. The highest BCUT2D eigenvalue weighted by Crippen LogP contribution is 2.73. The molecule has 1 aliphatic heterocycles. The van der Waals surface area contributed by atoms with Crippen LogP contribution >= 0.6 is 0 Å². The topological polar surface area (TPSA) is 101 Å². The van der Waals surface area contributed by atoms with Crippen LogP contribution in [0.2, 0.25) is 0 Å². The first-order valence-corrected chi connectivity index (χ1v) is 11.6. The highest BCUT2D eigenvalue weighted by Gasteiger charge is 2.69. The Morgan fingerprint density at radius 3 is 2.54 bits per heavy atom. The van der Waals surface area contributed by atoms with Gasteiger partial charge in [0.1, 0.15) is 11.6 Å². The molecule has 11 heteroatoms. The zero-order valence-corrected chi connectivity index (χ0v) is 19.7. The summed E-state index contributed by atoms with van der Waals surface area (Å²) in [5, 5.41) is 11.5. The molecule has 0 saturated heterocycles. The van der Waals surface area contributed by atoms with Gasteiger partial charge in [-0.1, -0.05) is 6.92 Å². The van der Waals surface area contributed by atoms with Crippen LogP contribution in [0.1, 0.15) is 67.4 Å². The van der Waals surface area contributed by atoms with Crippen LogP contribution < -0.4 is 11.1 Å². The van der Waals surface area contributed by atoms with Gasteiger partial charge in [0.25, 0.3) is 5.78 Å². The van der Waals surface area contributed by atoms with Crippen molar-refractivity contribution in [1.82, 2.24) is 24.5 Å². The van der Waals surface area contributed by atoms with Gasteiger partial charge in [-0.3, -0.25) is 9.20 Å². The minimum atomic E-state index is -4.50. The number of hydrogen-bond donors (Lipinski definition) is 2. The van der Waals surface area contributed by atoms with Gasteiger partial charge < -0.3 is 16.0 Å². The Kier molecular flexibility index (Phi) is 4.33. The summed E-state index contributed by atoms with van der Waals surface area (Å²) in [7, 11) is 0. The molecule has 1 unspecified atom stereocenters. The fourth-order valence-corrected chi connectivity index (χ4v) is 6.44. The number of alkyl halides is 3. The van der Waals surface area contributed by atoms with Crippen LogP contribution in [0, 0.1) is 17.8 Å². The molecule has 3 fully saturated rings. The second kappa shape index (κ2) is 6.86. The fraction of sp³-hybridized carbons (Fsp3) is 0.500. The van der Waals surface area contributed by atoms with Gasteiger partial charge in [-0.15, -0.1) is 10.2 Å². The van der Waals surface area contributed by atoms with E-state index in [1.165, 1.54) is 6.07 Å². The number of carbonyl (C=O) groups excluding carboxylic acids is 1. The van der Waals surface area contributed by atoms with E-state index >= 15 is 0 Å². The number of anilines is 2. The van der Waals surface area contributed by atoms with Gasteiger partial charge in [-0.25, -0.2) is 0 Å². The molecule has 3 N–H and O–H groups in total. The lowest BCUT2D eigenvalue weighted by Crippen LogP contribution is -2.66. The molecule has 4 aliphatic rings. The van der Waals surface area contributed by atoms with E-state index in [9.17, 15) is 18.0 Å². The van der Waals surface area contributed by atoms with Crippen molar-refractivity contribution in [3.8, 4) is 0 Å². The molecule has 1 aromatic carbocycles. The molecule has 1 amide bonds. The molecule has 8 nitrogen and oxygen atoms in total. The molecule has 0 radical (unpaired) electrons. The number of aromatic nitrogens is 4. The summed E-state index contributed by atoms with van der Waals surface area (Å²) in [5.41, 5.74) is 7.18. The van der Waals surface area contributed by atoms with E-state index in [0.29, 0.717) is 41.5 Å². The van der Waals surface area contributed by atoms with E-state index in [0.717, 1.165) is 42.7 Å². The van der Waals surface area contributed by atoms with Gasteiger partial charge in [-0.05, 0) is 62.3 Å². The SMILES string of the molecule is Cc1nnc2nc(NC(C)c3cc(N)cc(C(F)(F)F)c3)c3c(n12)CN(C(=O)C12CC(C)(C1)C2)C3. The third-order valence-corrected chi connectivity index (χ3v) is 7.81. The summed E-state index contributed by atoms with van der Waals surface area (Å²) in [6.45, 7) is 6.61. The summed E-state index contributed by atoms with van der Waals surface area (Å²) < 4.78 is 41.8. The molecule has 3 aliphatic carbocycles. The van der Waals surface area contributed by atoms with Crippen molar-refractivity contribution in [3.05, 3.63) is 46.4 Å². The van der Waals surface area contributed by atoms with E-state index in [2.05, 4.69) is 27.4 Å². The van der Waals surface area contributed by atoms with Crippen molar-refractivity contribution in [1.29, 1.82) is 0 Å². The number of aryl methyl sites for hydroxylation is 1. The highest BCUT2D eigenvalue weighted by atomic mass is 19.4. The van der Waals surface area contributed by atoms with Crippen LogP contribution in [-0.4, -0.2) is 30.4 Å². The number of nitrogens with one attached hydrogen (secondary N) is 1. The monoisotopic (exact) mass is 485 g/mol. The number of rotatable bonds is 4. The number of amides is 1. The molecular weight excluding hydrogens is 459 g/mol. The minimum Gasteiger partial charge on any atom is -0.399 e. The highest BCUT2D eigenvalue weighted by molar-refractivity contribution is 5.87. The van der Waals surface area contributed by atoms with E-state index in [1.54, 1.807) is 6.92 Å². The number of nitrogen functional groups attached to an aromatic ring is 1. The number of benzene rings is 1. The fourth-order valence-electron chi connectivity index (χ4n) is 6.44. The molecule has 3 saturated carbocycles. The van der Waals surface area contributed by atoms with Crippen LogP contribution in [-0.2, 0) is 24.1 Å². The average Bonchev–Trinajstić information content (AvgIpc) is 3.33. The largest absolute Gasteiger partial charge is 0.416 e. The maximum atomic E-state index is 13.4. The maximum absolute atomic E-state index is 13.4. The van der Waals surface area contributed by atoms with Crippen LogP contribution in [0.3, 0.4) is 0 Å². The van der Waals surface area contributed by atoms with E-state index in [1.807, 2.05) is 16.2 Å². The Labute approximate surface area is 199 Å². The van der Waals surface area contributed by atoms with Crippen LogP contribution in [0.4, 0.5) is 24.7 Å². The molecule has 3 heterocycles. The molecule has 1 atom stereocenters. The van der Waals surface area contributed by atoms with Gasteiger partial charge >= 0.3 is 6.18 Å². The van der Waals surface area contributed by atoms with Gasteiger partial charge in [0.2, 0.25) is 5.91 Å². The standard InChI is InChI=1S/C24H26F3N7O/c1-12(14-4-15(24(25,26)27)6-16(28)5-14)29-19-17-7-33(20(35)23-9-22(3,10-23)11-23)8-18(17)34-13(2)31-32-21(34)30-19/h4-6,12H,7-11,28H2,1-3H3,(H,29,30,32). The average molecular weight is 486 g/mol. The van der Waals surface area contributed by atoms with Crippen LogP contribution in [0.5, 0.6) is 0 Å². The summed E-state index contributed by atoms with van der Waals surface area (Å²) in [5.74, 6) is 1.71. The molecule has 7 rings (SSSR count). The molecule has 184 valence electrons. The van der Waals surface area contributed by atoms with E-state index in [-0.39, 0.29) is 17.0 Å². The number of carbonyl (C=O) groups is 1. The molecule has 35 heavy (non-hydrogen) atoms. The van der Waals surface area contributed by atoms with Gasteiger partial charge in [0.05, 0.1) is 35.8 Å². The predicted octanol–water partition coefficient (Wildman–Crippen LogP) is 4.24. The Hall–Kier alpha value is -3.37. The van der Waals surface area contributed by atoms with Gasteiger partial charge in [0, 0.05) is 11.3 Å². The number of hydrogen-bond acceptors (Lipinski definition) is 6. The summed E-state index contributed by atoms with van der Waals surface area (Å²) >= 11 is 0. The molecule has 2 bridgehead atoms. The van der Waals surface area contributed by atoms with Gasteiger partial charge in [0.15, 0.2) is 0 Å². The molecule has 0 spiro atoms. The Morgan fingerprint density at radius 1 is 1.17 bits per heavy atom. The number of halogens is 3. The quantitative estimate of drug-likeness (QED) is 0.536. The Balaban J connectivity index is 1.34. The summed E-state index contributed by atoms with van der Waals surface area (Å²) in [6, 6.07) is 3.01.